The molecule has 0 spiro atoms. The molecular weight excluding hydrogens is 260 g/mol. The van der Waals surface area contributed by atoms with E-state index >= 15 is 0 Å². The molecule has 106 valence electrons. The Labute approximate surface area is 123 Å². The third-order valence-corrected chi connectivity index (χ3v) is 4.34. The van der Waals surface area contributed by atoms with E-state index in [1.54, 1.807) is 0 Å². The smallest absolute Gasteiger partial charge is 0.1000 e. The monoisotopic (exact) mass is 278 g/mol. The minimum Gasteiger partial charge on any atom is -0.397 e. The van der Waals surface area contributed by atoms with E-state index in [0.717, 1.165) is 40.8 Å². The minimum absolute atomic E-state index is 0.740. The van der Waals surface area contributed by atoms with Gasteiger partial charge in [-0.05, 0) is 36.6 Å². The number of aromatic amines is 1. The highest BCUT2D eigenvalue weighted by Crippen LogP contribution is 2.33. The van der Waals surface area contributed by atoms with Gasteiger partial charge < -0.3 is 10.6 Å². The summed E-state index contributed by atoms with van der Waals surface area (Å²) in [5, 5.41) is 8.62. The molecule has 2 aromatic carbocycles. The molecule has 0 aliphatic carbocycles. The molecule has 4 rings (SSSR count). The summed E-state index contributed by atoms with van der Waals surface area (Å²) < 4.78 is 0. The molecule has 0 radical (unpaired) electrons. The van der Waals surface area contributed by atoms with E-state index in [4.69, 9.17) is 5.73 Å². The van der Waals surface area contributed by atoms with Crippen LogP contribution >= 0.6 is 0 Å². The van der Waals surface area contributed by atoms with Gasteiger partial charge in [-0.1, -0.05) is 18.2 Å². The van der Waals surface area contributed by atoms with Crippen LogP contribution in [0.4, 0.5) is 11.4 Å². The Morgan fingerprint density at radius 2 is 2.14 bits per heavy atom. The van der Waals surface area contributed by atoms with Crippen molar-refractivity contribution in [3.63, 3.8) is 0 Å². The number of nitrogens with zero attached hydrogens (tertiary/aromatic N) is 2. The average molecular weight is 278 g/mol. The van der Waals surface area contributed by atoms with Gasteiger partial charge in [0.05, 0.1) is 16.9 Å². The normalized spacial score (nSPS) is 14.4. The second-order valence-corrected chi connectivity index (χ2v) is 5.71. The number of rotatable bonds is 1. The predicted octanol–water partition coefficient (Wildman–Crippen LogP) is 3.19. The quantitative estimate of drug-likeness (QED) is 0.672. The van der Waals surface area contributed by atoms with Crippen molar-refractivity contribution in [1.29, 1.82) is 0 Å². The summed E-state index contributed by atoms with van der Waals surface area (Å²) in [6.45, 7) is 1.13. The average Bonchev–Trinajstić information content (AvgIpc) is 2.92. The lowest BCUT2D eigenvalue weighted by atomic mass is 9.97. The largest absolute Gasteiger partial charge is 0.397 e. The van der Waals surface area contributed by atoms with Gasteiger partial charge in [-0.2, -0.15) is 5.10 Å². The molecule has 4 heteroatoms. The van der Waals surface area contributed by atoms with Gasteiger partial charge in [-0.15, -0.1) is 0 Å². The number of hydrogen-bond acceptors (Lipinski definition) is 3. The number of nitrogen functional groups attached to an aromatic ring is 1. The zero-order valence-corrected chi connectivity index (χ0v) is 12.1. The molecule has 1 aliphatic rings. The van der Waals surface area contributed by atoms with Crippen LogP contribution in [0.15, 0.2) is 36.4 Å². The van der Waals surface area contributed by atoms with Gasteiger partial charge in [0.15, 0.2) is 0 Å². The molecule has 0 saturated heterocycles. The van der Waals surface area contributed by atoms with Crippen molar-refractivity contribution < 1.29 is 0 Å². The van der Waals surface area contributed by atoms with Crippen molar-refractivity contribution in [3.05, 3.63) is 42.0 Å². The highest BCUT2D eigenvalue weighted by molar-refractivity contribution is 5.99. The lowest BCUT2D eigenvalue weighted by Gasteiger charge is -2.27. The molecule has 0 amide bonds. The first kappa shape index (κ1) is 12.3. The Bertz CT molecular complexity index is 819. The standard InChI is InChI=1S/C17H18N4/c1-21-9-3-4-11-10-12(7-8-15(11)21)16-13-5-2-6-14(18)17(13)20-19-16/h2,5-8,10H,3-4,9,18H2,1H3,(H,19,20). The van der Waals surface area contributed by atoms with Gasteiger partial charge in [0, 0.05) is 30.2 Å². The van der Waals surface area contributed by atoms with E-state index in [0.29, 0.717) is 0 Å². The Kier molecular flexibility index (Phi) is 2.64. The maximum absolute atomic E-state index is 6.00. The molecule has 21 heavy (non-hydrogen) atoms. The number of H-pyrrole nitrogens is 1. The Morgan fingerprint density at radius 3 is 3.05 bits per heavy atom. The second-order valence-electron chi connectivity index (χ2n) is 5.71. The van der Waals surface area contributed by atoms with Crippen LogP contribution in [0.25, 0.3) is 22.2 Å². The fraction of sp³-hybridized carbons (Fsp3) is 0.235. The van der Waals surface area contributed by atoms with Crippen molar-refractivity contribution in [2.24, 2.45) is 0 Å². The van der Waals surface area contributed by atoms with Crippen LogP contribution in [0.1, 0.15) is 12.0 Å². The highest BCUT2D eigenvalue weighted by atomic mass is 15.1. The number of aromatic nitrogens is 2. The molecule has 2 heterocycles. The summed E-state index contributed by atoms with van der Waals surface area (Å²) in [6.07, 6.45) is 2.35. The summed E-state index contributed by atoms with van der Waals surface area (Å²) in [5.41, 5.74) is 12.5. The molecule has 0 atom stereocenters. The number of nitrogens with two attached hydrogens (primary N) is 1. The minimum atomic E-state index is 0.740. The van der Waals surface area contributed by atoms with E-state index < -0.39 is 0 Å². The molecule has 4 nitrogen and oxygen atoms in total. The van der Waals surface area contributed by atoms with Gasteiger partial charge in [-0.25, -0.2) is 0 Å². The van der Waals surface area contributed by atoms with Crippen LogP contribution in [-0.4, -0.2) is 23.8 Å². The predicted molar refractivity (Wildman–Crippen MR) is 87.5 cm³/mol. The fourth-order valence-corrected chi connectivity index (χ4v) is 3.22. The van der Waals surface area contributed by atoms with E-state index in [2.05, 4.69) is 46.4 Å². The first-order valence-corrected chi connectivity index (χ1v) is 7.31. The number of para-hydroxylation sites is 1. The molecular formula is C17H18N4. The van der Waals surface area contributed by atoms with E-state index in [-0.39, 0.29) is 0 Å². The lowest BCUT2D eigenvalue weighted by molar-refractivity contribution is 0.745. The zero-order chi connectivity index (χ0) is 14.4. The van der Waals surface area contributed by atoms with Crippen molar-refractivity contribution in [3.8, 4) is 11.3 Å². The SMILES string of the molecule is CN1CCCc2cc(-c3n[nH]c4c(N)cccc34)ccc21. The molecule has 0 unspecified atom stereocenters. The molecule has 3 N–H and O–H groups in total. The molecule has 0 saturated carbocycles. The molecule has 0 fully saturated rings. The summed E-state index contributed by atoms with van der Waals surface area (Å²) in [7, 11) is 2.16. The van der Waals surface area contributed by atoms with E-state index in [1.165, 1.54) is 17.7 Å². The summed E-state index contributed by atoms with van der Waals surface area (Å²) in [4.78, 5) is 2.32. The third kappa shape index (κ3) is 1.87. The van der Waals surface area contributed by atoms with Crippen molar-refractivity contribution in [1.82, 2.24) is 10.2 Å². The van der Waals surface area contributed by atoms with Gasteiger partial charge in [0.25, 0.3) is 0 Å². The fourth-order valence-electron chi connectivity index (χ4n) is 3.22. The number of hydrogen-bond donors (Lipinski definition) is 2. The number of anilines is 2. The van der Waals surface area contributed by atoms with Crippen LogP contribution in [0, 0.1) is 0 Å². The topological polar surface area (TPSA) is 57.9 Å². The maximum atomic E-state index is 6.00. The van der Waals surface area contributed by atoms with Crippen molar-refractivity contribution in [2.75, 3.05) is 24.2 Å². The summed E-state index contributed by atoms with van der Waals surface area (Å²) in [5.74, 6) is 0. The van der Waals surface area contributed by atoms with E-state index in [1.807, 2.05) is 12.1 Å². The summed E-state index contributed by atoms with van der Waals surface area (Å²) >= 11 is 0. The third-order valence-electron chi connectivity index (χ3n) is 4.34. The summed E-state index contributed by atoms with van der Waals surface area (Å²) in [6, 6.07) is 12.6. The number of nitrogens with one attached hydrogen (secondary N) is 1. The zero-order valence-electron chi connectivity index (χ0n) is 12.1. The first-order chi connectivity index (χ1) is 10.2. The number of benzene rings is 2. The maximum Gasteiger partial charge on any atom is 0.1000 e. The van der Waals surface area contributed by atoms with Crippen LogP contribution in [-0.2, 0) is 6.42 Å². The first-order valence-electron chi connectivity index (χ1n) is 7.31. The van der Waals surface area contributed by atoms with Crippen molar-refractivity contribution >= 4 is 22.3 Å². The second kappa shape index (κ2) is 4.52. The Morgan fingerprint density at radius 1 is 1.24 bits per heavy atom. The molecule has 1 aromatic heterocycles. The highest BCUT2D eigenvalue weighted by Gasteiger charge is 2.16. The van der Waals surface area contributed by atoms with Gasteiger partial charge in [0.1, 0.15) is 0 Å². The van der Waals surface area contributed by atoms with Gasteiger partial charge in [-0.3, -0.25) is 5.10 Å². The Balaban J connectivity index is 1.88. The van der Waals surface area contributed by atoms with Crippen LogP contribution in [0.5, 0.6) is 0 Å². The Hall–Kier alpha value is -2.49. The number of fused-ring (bicyclic) bond motifs is 2. The van der Waals surface area contributed by atoms with Crippen molar-refractivity contribution in [2.45, 2.75) is 12.8 Å². The van der Waals surface area contributed by atoms with Gasteiger partial charge in [0.2, 0.25) is 0 Å². The van der Waals surface area contributed by atoms with Gasteiger partial charge >= 0.3 is 0 Å². The van der Waals surface area contributed by atoms with E-state index in [9.17, 15) is 0 Å². The van der Waals surface area contributed by atoms with Crippen LogP contribution in [0.3, 0.4) is 0 Å². The van der Waals surface area contributed by atoms with Crippen LogP contribution in [0.2, 0.25) is 0 Å². The molecule has 0 bridgehead atoms. The lowest BCUT2D eigenvalue weighted by Crippen LogP contribution is -2.24. The molecule has 1 aliphatic heterocycles. The number of aryl methyl sites for hydroxylation is 1. The van der Waals surface area contributed by atoms with Crippen LogP contribution < -0.4 is 10.6 Å². The molecule has 3 aromatic rings.